The standard InChI is InChI=1S/C30H31ClN4O5/c1-7-39-27-12-19(6)24(15-23(27)17(2)3)29-33-25-11-9-8-10-22(25)30(36)34(29)32-16-20-13-21(31)14-26(35(37)38)28(20)40-18(4)5/h8-18H,7H2,1-6H3. The van der Waals surface area contributed by atoms with E-state index in [0.717, 1.165) is 16.9 Å². The first-order chi connectivity index (χ1) is 19.0. The number of benzene rings is 3. The van der Waals surface area contributed by atoms with E-state index in [2.05, 4.69) is 18.9 Å². The second kappa shape index (κ2) is 11.9. The highest BCUT2D eigenvalue weighted by molar-refractivity contribution is 6.31. The highest BCUT2D eigenvalue weighted by atomic mass is 35.5. The fourth-order valence-electron chi connectivity index (χ4n) is 4.39. The number of halogens is 1. The smallest absolute Gasteiger partial charge is 0.313 e. The molecule has 0 amide bonds. The molecule has 4 rings (SSSR count). The molecule has 4 aromatic rings. The molecule has 1 aromatic heterocycles. The minimum atomic E-state index is -0.563. The molecule has 0 atom stereocenters. The summed E-state index contributed by atoms with van der Waals surface area (Å²) in [5.41, 5.74) is 2.62. The van der Waals surface area contributed by atoms with E-state index in [1.807, 2.05) is 32.0 Å². The molecule has 9 nitrogen and oxygen atoms in total. The van der Waals surface area contributed by atoms with Crippen molar-refractivity contribution in [1.29, 1.82) is 0 Å². The molecule has 40 heavy (non-hydrogen) atoms. The Morgan fingerprint density at radius 2 is 1.88 bits per heavy atom. The number of fused-ring (bicyclic) bond motifs is 1. The number of hydrogen-bond donors (Lipinski definition) is 0. The van der Waals surface area contributed by atoms with Gasteiger partial charge in [-0.05, 0) is 75.1 Å². The van der Waals surface area contributed by atoms with Crippen LogP contribution in [0.5, 0.6) is 11.5 Å². The highest BCUT2D eigenvalue weighted by Crippen LogP contribution is 2.36. The predicted molar refractivity (Wildman–Crippen MR) is 158 cm³/mol. The lowest BCUT2D eigenvalue weighted by atomic mass is 9.96. The normalized spacial score (nSPS) is 11.6. The summed E-state index contributed by atoms with van der Waals surface area (Å²) in [7, 11) is 0. The van der Waals surface area contributed by atoms with E-state index >= 15 is 0 Å². The molecule has 0 saturated carbocycles. The second-order valence-electron chi connectivity index (χ2n) is 9.87. The molecule has 0 spiro atoms. The van der Waals surface area contributed by atoms with Crippen LogP contribution in [0.3, 0.4) is 0 Å². The van der Waals surface area contributed by atoms with Gasteiger partial charge in [0.2, 0.25) is 5.75 Å². The van der Waals surface area contributed by atoms with Crippen LogP contribution in [0.25, 0.3) is 22.3 Å². The summed E-state index contributed by atoms with van der Waals surface area (Å²) >= 11 is 6.21. The summed E-state index contributed by atoms with van der Waals surface area (Å²) < 4.78 is 12.9. The second-order valence-corrected chi connectivity index (χ2v) is 10.3. The van der Waals surface area contributed by atoms with Crippen LogP contribution in [0.15, 0.2) is 58.4 Å². The van der Waals surface area contributed by atoms with E-state index in [9.17, 15) is 14.9 Å². The SMILES string of the molecule is CCOc1cc(C)c(-c2nc3ccccc3c(=O)n2N=Cc2cc(Cl)cc([N+](=O)[O-])c2OC(C)C)cc1C(C)C. The summed E-state index contributed by atoms with van der Waals surface area (Å²) in [6.45, 7) is 12.0. The lowest BCUT2D eigenvalue weighted by Gasteiger charge is -2.18. The zero-order chi connectivity index (χ0) is 29.1. The maximum Gasteiger partial charge on any atom is 0.313 e. The molecule has 208 valence electrons. The molecule has 10 heteroatoms. The van der Waals surface area contributed by atoms with Gasteiger partial charge in [-0.3, -0.25) is 14.9 Å². The van der Waals surface area contributed by atoms with Crippen molar-refractivity contribution in [2.45, 2.75) is 53.6 Å². The van der Waals surface area contributed by atoms with E-state index in [1.165, 1.54) is 23.0 Å². The van der Waals surface area contributed by atoms with Crippen LogP contribution >= 0.6 is 11.6 Å². The number of hydrogen-bond acceptors (Lipinski definition) is 7. The third kappa shape index (κ3) is 5.84. The third-order valence-electron chi connectivity index (χ3n) is 6.20. The summed E-state index contributed by atoms with van der Waals surface area (Å²) in [6, 6.07) is 13.7. The molecule has 0 aliphatic carbocycles. The van der Waals surface area contributed by atoms with E-state index < -0.39 is 4.92 Å². The van der Waals surface area contributed by atoms with Crippen LogP contribution < -0.4 is 15.0 Å². The molecule has 0 aliphatic heterocycles. The Morgan fingerprint density at radius 3 is 2.52 bits per heavy atom. The topological polar surface area (TPSA) is 109 Å². The minimum Gasteiger partial charge on any atom is -0.494 e. The number of ether oxygens (including phenoxy) is 2. The zero-order valence-corrected chi connectivity index (χ0v) is 24.0. The molecule has 0 bridgehead atoms. The van der Waals surface area contributed by atoms with Gasteiger partial charge in [0.1, 0.15) is 5.75 Å². The number of aryl methyl sites for hydroxylation is 1. The Hall–Kier alpha value is -4.24. The molecular weight excluding hydrogens is 532 g/mol. The fraction of sp³-hybridized carbons (Fsp3) is 0.300. The lowest BCUT2D eigenvalue weighted by molar-refractivity contribution is -0.386. The van der Waals surface area contributed by atoms with Crippen LogP contribution in [0, 0.1) is 17.0 Å². The van der Waals surface area contributed by atoms with Crippen molar-refractivity contribution in [1.82, 2.24) is 9.66 Å². The van der Waals surface area contributed by atoms with Gasteiger partial charge in [-0.15, -0.1) is 0 Å². The van der Waals surface area contributed by atoms with Gasteiger partial charge in [0.15, 0.2) is 5.82 Å². The predicted octanol–water partition coefficient (Wildman–Crippen LogP) is 7.13. The van der Waals surface area contributed by atoms with E-state index in [0.29, 0.717) is 28.9 Å². The minimum absolute atomic E-state index is 0.0100. The molecule has 0 N–H and O–H groups in total. The van der Waals surface area contributed by atoms with Crippen molar-refractivity contribution in [2.75, 3.05) is 6.61 Å². The summed E-state index contributed by atoms with van der Waals surface area (Å²) in [5, 5.41) is 16.8. The van der Waals surface area contributed by atoms with Crippen molar-refractivity contribution in [3.05, 3.63) is 90.7 Å². The quantitative estimate of drug-likeness (QED) is 0.122. The van der Waals surface area contributed by atoms with Crippen molar-refractivity contribution in [3.8, 4) is 22.9 Å². The van der Waals surface area contributed by atoms with Gasteiger partial charge in [-0.1, -0.05) is 37.6 Å². The van der Waals surface area contributed by atoms with Crippen LogP contribution in [0.4, 0.5) is 5.69 Å². The average Bonchev–Trinajstić information content (AvgIpc) is 2.89. The maximum absolute atomic E-state index is 13.8. The highest BCUT2D eigenvalue weighted by Gasteiger charge is 2.23. The fourth-order valence-corrected chi connectivity index (χ4v) is 4.61. The van der Waals surface area contributed by atoms with Gasteiger partial charge < -0.3 is 9.47 Å². The zero-order valence-electron chi connectivity index (χ0n) is 23.3. The van der Waals surface area contributed by atoms with Gasteiger partial charge in [-0.2, -0.15) is 9.78 Å². The monoisotopic (exact) mass is 562 g/mol. The van der Waals surface area contributed by atoms with Gasteiger partial charge in [-0.25, -0.2) is 4.98 Å². The molecule has 0 saturated heterocycles. The Balaban J connectivity index is 2.01. The Bertz CT molecular complexity index is 1680. The number of nitro benzene ring substituents is 1. The summed E-state index contributed by atoms with van der Waals surface area (Å²) in [4.78, 5) is 29.8. The lowest BCUT2D eigenvalue weighted by Crippen LogP contribution is -2.21. The van der Waals surface area contributed by atoms with E-state index in [-0.39, 0.29) is 39.6 Å². The maximum atomic E-state index is 13.8. The first-order valence-corrected chi connectivity index (χ1v) is 13.4. The first kappa shape index (κ1) is 28.8. The number of nitrogens with zero attached hydrogens (tertiary/aromatic N) is 4. The number of aromatic nitrogens is 2. The van der Waals surface area contributed by atoms with E-state index in [4.69, 9.17) is 26.1 Å². The van der Waals surface area contributed by atoms with E-state index in [1.54, 1.807) is 32.0 Å². The molecule has 0 aliphatic rings. The van der Waals surface area contributed by atoms with Crippen molar-refractivity contribution < 1.29 is 14.4 Å². The van der Waals surface area contributed by atoms with Crippen molar-refractivity contribution in [3.63, 3.8) is 0 Å². The average molecular weight is 563 g/mol. The third-order valence-corrected chi connectivity index (χ3v) is 6.42. The van der Waals surface area contributed by atoms with Crippen LogP contribution in [0.2, 0.25) is 5.02 Å². The molecular formula is C30H31ClN4O5. The van der Waals surface area contributed by atoms with Crippen LogP contribution in [-0.2, 0) is 0 Å². The molecule has 3 aromatic carbocycles. The Labute approximate surface area is 237 Å². The molecule has 0 fully saturated rings. The number of rotatable bonds is 9. The largest absolute Gasteiger partial charge is 0.494 e. The van der Waals surface area contributed by atoms with Crippen LogP contribution in [0.1, 0.15) is 57.2 Å². The van der Waals surface area contributed by atoms with Gasteiger partial charge >= 0.3 is 5.69 Å². The number of nitro groups is 1. The number of para-hydroxylation sites is 1. The molecule has 0 unspecified atom stereocenters. The van der Waals surface area contributed by atoms with Crippen molar-refractivity contribution in [2.24, 2.45) is 5.10 Å². The molecule has 0 radical (unpaired) electrons. The Kier molecular flexibility index (Phi) is 8.54. The van der Waals surface area contributed by atoms with Crippen molar-refractivity contribution >= 4 is 34.4 Å². The summed E-state index contributed by atoms with van der Waals surface area (Å²) in [5.74, 6) is 1.26. The Morgan fingerprint density at radius 1 is 1.15 bits per heavy atom. The summed E-state index contributed by atoms with van der Waals surface area (Å²) in [6.07, 6.45) is 0.985. The first-order valence-electron chi connectivity index (χ1n) is 13.0. The van der Waals surface area contributed by atoms with Crippen LogP contribution in [-0.4, -0.2) is 33.5 Å². The van der Waals surface area contributed by atoms with Gasteiger partial charge in [0, 0.05) is 22.2 Å². The van der Waals surface area contributed by atoms with Gasteiger partial charge in [0.25, 0.3) is 5.56 Å². The molecule has 1 heterocycles. The van der Waals surface area contributed by atoms with Gasteiger partial charge in [0.05, 0.1) is 34.8 Å².